The predicted molar refractivity (Wildman–Crippen MR) is 79.6 cm³/mol. The van der Waals surface area contributed by atoms with Crippen molar-refractivity contribution in [2.45, 2.75) is 39.7 Å². The number of ether oxygens (including phenoxy) is 2. The number of likely N-dealkylation sites (N-methyl/N-ethyl adjacent to an activating group) is 1. The zero-order valence-corrected chi connectivity index (χ0v) is 13.2. The van der Waals surface area contributed by atoms with Crippen LogP contribution in [0, 0.1) is 5.41 Å². The van der Waals surface area contributed by atoms with E-state index in [1.807, 2.05) is 0 Å². The fourth-order valence-electron chi connectivity index (χ4n) is 2.86. The Balaban J connectivity index is 2.54. The van der Waals surface area contributed by atoms with E-state index < -0.39 is 0 Å². The first-order chi connectivity index (χ1) is 9.17. The van der Waals surface area contributed by atoms with E-state index in [1.54, 1.807) is 7.11 Å². The fourth-order valence-corrected chi connectivity index (χ4v) is 2.86. The van der Waals surface area contributed by atoms with E-state index in [4.69, 9.17) is 9.47 Å². The van der Waals surface area contributed by atoms with Crippen molar-refractivity contribution < 1.29 is 9.47 Å². The van der Waals surface area contributed by atoms with E-state index in [9.17, 15) is 0 Å². The molecular weight excluding hydrogens is 240 g/mol. The second-order valence-electron chi connectivity index (χ2n) is 5.85. The van der Waals surface area contributed by atoms with Gasteiger partial charge in [0.2, 0.25) is 0 Å². The molecule has 0 saturated carbocycles. The molecule has 0 radical (unpaired) electrons. The summed E-state index contributed by atoms with van der Waals surface area (Å²) in [5.41, 5.74) is 0.285. The molecule has 0 amide bonds. The van der Waals surface area contributed by atoms with Crippen molar-refractivity contribution in [1.82, 2.24) is 10.2 Å². The first-order valence-electron chi connectivity index (χ1n) is 7.69. The molecular formula is C15H32N2O2. The zero-order chi connectivity index (χ0) is 14.1. The highest BCUT2D eigenvalue weighted by Gasteiger charge is 2.36. The standard InChI is InChI=1S/C15H32N2O2/c1-5-8-16-11-15(7-9-19-13-15)12-17(6-2)14(3)10-18-4/h14,16H,5-13H2,1-4H3. The van der Waals surface area contributed by atoms with Crippen molar-refractivity contribution in [3.63, 3.8) is 0 Å². The van der Waals surface area contributed by atoms with E-state index in [2.05, 4.69) is 31.0 Å². The molecule has 0 aromatic rings. The van der Waals surface area contributed by atoms with Gasteiger partial charge < -0.3 is 14.8 Å². The maximum Gasteiger partial charge on any atom is 0.0615 e. The molecule has 1 heterocycles. The molecule has 1 rings (SSSR count). The lowest BCUT2D eigenvalue weighted by Crippen LogP contribution is -2.48. The van der Waals surface area contributed by atoms with Crippen LogP contribution in [0.3, 0.4) is 0 Å². The van der Waals surface area contributed by atoms with Crippen molar-refractivity contribution >= 4 is 0 Å². The lowest BCUT2D eigenvalue weighted by Gasteiger charge is -2.37. The van der Waals surface area contributed by atoms with Crippen LogP contribution in [0.25, 0.3) is 0 Å². The highest BCUT2D eigenvalue weighted by molar-refractivity contribution is 4.89. The Hall–Kier alpha value is -0.160. The van der Waals surface area contributed by atoms with Gasteiger partial charge in [0.25, 0.3) is 0 Å². The first kappa shape index (κ1) is 16.9. The van der Waals surface area contributed by atoms with E-state index in [1.165, 1.54) is 12.8 Å². The molecule has 4 nitrogen and oxygen atoms in total. The van der Waals surface area contributed by atoms with Gasteiger partial charge in [-0.15, -0.1) is 0 Å². The van der Waals surface area contributed by atoms with Crippen molar-refractivity contribution in [3.8, 4) is 0 Å². The molecule has 19 heavy (non-hydrogen) atoms. The highest BCUT2D eigenvalue weighted by Crippen LogP contribution is 2.29. The third-order valence-corrected chi connectivity index (χ3v) is 4.09. The third kappa shape index (κ3) is 5.38. The molecule has 1 N–H and O–H groups in total. The van der Waals surface area contributed by atoms with Crippen molar-refractivity contribution in [2.24, 2.45) is 5.41 Å². The van der Waals surface area contributed by atoms with Crippen LogP contribution in [-0.4, -0.2) is 64.1 Å². The van der Waals surface area contributed by atoms with Crippen molar-refractivity contribution in [1.29, 1.82) is 0 Å². The summed E-state index contributed by atoms with van der Waals surface area (Å²) in [6.45, 7) is 13.6. The smallest absolute Gasteiger partial charge is 0.0615 e. The summed E-state index contributed by atoms with van der Waals surface area (Å²) in [5, 5.41) is 3.58. The second-order valence-corrected chi connectivity index (χ2v) is 5.85. The van der Waals surface area contributed by atoms with E-state index in [0.29, 0.717) is 6.04 Å². The van der Waals surface area contributed by atoms with Crippen molar-refractivity contribution in [2.75, 3.05) is 53.1 Å². The van der Waals surface area contributed by atoms with Gasteiger partial charge >= 0.3 is 0 Å². The van der Waals surface area contributed by atoms with Crippen LogP contribution >= 0.6 is 0 Å². The Labute approximate surface area is 118 Å². The lowest BCUT2D eigenvalue weighted by atomic mass is 9.86. The summed E-state index contributed by atoms with van der Waals surface area (Å²) in [6.07, 6.45) is 2.36. The molecule has 114 valence electrons. The minimum Gasteiger partial charge on any atom is -0.383 e. The van der Waals surface area contributed by atoms with Crippen LogP contribution < -0.4 is 5.32 Å². The lowest BCUT2D eigenvalue weighted by molar-refractivity contribution is 0.0570. The molecule has 1 saturated heterocycles. The van der Waals surface area contributed by atoms with Gasteiger partial charge in [-0.25, -0.2) is 0 Å². The molecule has 0 bridgehead atoms. The maximum absolute atomic E-state index is 5.68. The largest absolute Gasteiger partial charge is 0.383 e. The quantitative estimate of drug-likeness (QED) is 0.614. The van der Waals surface area contributed by atoms with E-state index in [0.717, 1.165) is 46.0 Å². The van der Waals surface area contributed by atoms with Gasteiger partial charge in [-0.05, 0) is 32.9 Å². The number of nitrogens with one attached hydrogen (secondary N) is 1. The number of hydrogen-bond acceptors (Lipinski definition) is 4. The predicted octanol–water partition coefficient (Wildman–Crippen LogP) is 1.75. The van der Waals surface area contributed by atoms with Crippen LogP contribution in [0.15, 0.2) is 0 Å². The van der Waals surface area contributed by atoms with Crippen LogP contribution in [0.2, 0.25) is 0 Å². The Morgan fingerprint density at radius 3 is 2.74 bits per heavy atom. The number of rotatable bonds is 10. The van der Waals surface area contributed by atoms with Crippen LogP contribution in [-0.2, 0) is 9.47 Å². The summed E-state index contributed by atoms with van der Waals surface area (Å²) in [4.78, 5) is 2.52. The van der Waals surface area contributed by atoms with Gasteiger partial charge in [0, 0.05) is 38.3 Å². The summed E-state index contributed by atoms with van der Waals surface area (Å²) >= 11 is 0. The topological polar surface area (TPSA) is 33.7 Å². The average molecular weight is 272 g/mol. The van der Waals surface area contributed by atoms with Crippen LogP contribution in [0.1, 0.15) is 33.6 Å². The Bertz CT molecular complexity index is 230. The summed E-state index contributed by atoms with van der Waals surface area (Å²) < 4.78 is 11.0. The van der Waals surface area contributed by atoms with Gasteiger partial charge in [-0.2, -0.15) is 0 Å². The fraction of sp³-hybridized carbons (Fsp3) is 1.00. The van der Waals surface area contributed by atoms with Crippen LogP contribution in [0.4, 0.5) is 0 Å². The molecule has 4 heteroatoms. The Morgan fingerprint density at radius 1 is 1.42 bits per heavy atom. The van der Waals surface area contributed by atoms with Gasteiger partial charge in [-0.1, -0.05) is 13.8 Å². The average Bonchev–Trinajstić information content (AvgIpc) is 2.85. The van der Waals surface area contributed by atoms with Crippen molar-refractivity contribution in [3.05, 3.63) is 0 Å². The molecule has 2 atom stereocenters. The molecule has 1 aliphatic rings. The Kier molecular flexibility index (Phi) is 7.91. The SMILES string of the molecule is CCCNCC1(CN(CC)C(C)COC)CCOC1. The second kappa shape index (κ2) is 8.90. The Morgan fingerprint density at radius 2 is 2.21 bits per heavy atom. The van der Waals surface area contributed by atoms with Gasteiger partial charge in [0.1, 0.15) is 0 Å². The highest BCUT2D eigenvalue weighted by atomic mass is 16.5. The third-order valence-electron chi connectivity index (χ3n) is 4.09. The molecule has 1 aliphatic heterocycles. The summed E-state index contributed by atoms with van der Waals surface area (Å²) in [6, 6.07) is 0.471. The summed E-state index contributed by atoms with van der Waals surface area (Å²) in [7, 11) is 1.78. The zero-order valence-electron chi connectivity index (χ0n) is 13.2. The molecule has 2 unspecified atom stereocenters. The number of nitrogens with zero attached hydrogens (tertiary/aromatic N) is 1. The monoisotopic (exact) mass is 272 g/mol. The van der Waals surface area contributed by atoms with Crippen LogP contribution in [0.5, 0.6) is 0 Å². The van der Waals surface area contributed by atoms with E-state index in [-0.39, 0.29) is 5.41 Å². The number of hydrogen-bond donors (Lipinski definition) is 1. The van der Waals surface area contributed by atoms with E-state index >= 15 is 0 Å². The first-order valence-corrected chi connectivity index (χ1v) is 7.69. The number of methoxy groups -OCH3 is 1. The summed E-state index contributed by atoms with van der Waals surface area (Å²) in [5.74, 6) is 0. The maximum atomic E-state index is 5.68. The minimum atomic E-state index is 0.285. The normalized spacial score (nSPS) is 25.1. The molecule has 0 aromatic carbocycles. The molecule has 0 aromatic heterocycles. The molecule has 1 fully saturated rings. The minimum absolute atomic E-state index is 0.285. The molecule has 0 spiro atoms. The van der Waals surface area contributed by atoms with Gasteiger partial charge in [0.15, 0.2) is 0 Å². The van der Waals surface area contributed by atoms with Gasteiger partial charge in [0.05, 0.1) is 13.2 Å². The van der Waals surface area contributed by atoms with Gasteiger partial charge in [-0.3, -0.25) is 4.90 Å². The molecule has 0 aliphatic carbocycles.